The second-order valence-electron chi connectivity index (χ2n) is 4.72. The number of pyridine rings is 1. The third kappa shape index (κ3) is 2.05. The first kappa shape index (κ1) is 14.4. The molecule has 1 aromatic rings. The van der Waals surface area contributed by atoms with Gasteiger partial charge < -0.3 is 5.11 Å². The van der Waals surface area contributed by atoms with Crippen LogP contribution in [0.2, 0.25) is 0 Å². The minimum atomic E-state index is -4.07. The van der Waals surface area contributed by atoms with E-state index in [0.717, 1.165) is 4.31 Å². The molecule has 0 saturated carbocycles. The molecule has 1 unspecified atom stereocenters. The fourth-order valence-electron chi connectivity index (χ4n) is 2.34. The highest BCUT2D eigenvalue weighted by Crippen LogP contribution is 2.35. The van der Waals surface area contributed by atoms with Gasteiger partial charge in [0.1, 0.15) is 16.5 Å². The minimum absolute atomic E-state index is 0.116. The largest absolute Gasteiger partial charge is 0.480 e. The number of nitriles is 1. The number of aliphatic carboxylic acids is 1. The number of hydrogen-bond donors (Lipinski definition) is 1. The molecule has 0 spiro atoms. The summed E-state index contributed by atoms with van der Waals surface area (Å²) in [5.74, 6) is -1.19. The third-order valence-corrected chi connectivity index (χ3v) is 5.53. The molecule has 0 radical (unpaired) electrons. The number of nitrogens with zero attached hydrogens (tertiary/aromatic N) is 3. The van der Waals surface area contributed by atoms with Crippen LogP contribution in [0, 0.1) is 11.3 Å². The van der Waals surface area contributed by atoms with Gasteiger partial charge in [0, 0.05) is 12.7 Å². The number of aromatic nitrogens is 1. The number of carboxylic acid groups (broad SMARTS) is 1. The Kier molecular flexibility index (Phi) is 3.50. The quantitative estimate of drug-likeness (QED) is 0.873. The topological polar surface area (TPSA) is 111 Å². The highest BCUT2D eigenvalue weighted by Gasteiger charge is 2.50. The maximum absolute atomic E-state index is 12.6. The lowest BCUT2D eigenvalue weighted by atomic mass is 10.0. The Balaban J connectivity index is 2.57. The van der Waals surface area contributed by atoms with E-state index in [2.05, 4.69) is 4.98 Å². The molecule has 1 atom stereocenters. The van der Waals surface area contributed by atoms with E-state index in [1.807, 2.05) is 0 Å². The molecule has 7 nitrogen and oxygen atoms in total. The second-order valence-corrected chi connectivity index (χ2v) is 6.55. The van der Waals surface area contributed by atoms with Crippen molar-refractivity contribution in [2.75, 3.05) is 6.54 Å². The van der Waals surface area contributed by atoms with Crippen molar-refractivity contribution in [3.05, 3.63) is 24.0 Å². The standard InChI is InChI=1S/C12H13N3O4S/c1-12(11(16)17)5-3-7-15(12)20(18,19)10-4-2-6-14-9(10)8-13/h2,4,6H,3,5,7H2,1H3,(H,16,17). The Morgan fingerprint density at radius 1 is 1.60 bits per heavy atom. The third-order valence-electron chi connectivity index (χ3n) is 3.48. The first-order valence-electron chi connectivity index (χ1n) is 5.95. The van der Waals surface area contributed by atoms with Crippen LogP contribution in [0.25, 0.3) is 0 Å². The summed E-state index contributed by atoms with van der Waals surface area (Å²) in [7, 11) is -4.07. The number of rotatable bonds is 3. The van der Waals surface area contributed by atoms with E-state index < -0.39 is 21.5 Å². The number of carbonyl (C=O) groups is 1. The van der Waals surface area contributed by atoms with Gasteiger partial charge in [-0.25, -0.2) is 13.4 Å². The Bertz CT molecular complexity index is 695. The molecule has 0 aliphatic carbocycles. The Labute approximate surface area is 116 Å². The summed E-state index contributed by atoms with van der Waals surface area (Å²) in [6, 6.07) is 4.39. The van der Waals surface area contributed by atoms with E-state index in [1.165, 1.54) is 25.3 Å². The van der Waals surface area contributed by atoms with Crippen LogP contribution in [0.1, 0.15) is 25.5 Å². The fraction of sp³-hybridized carbons (Fsp3) is 0.417. The van der Waals surface area contributed by atoms with Gasteiger partial charge in [0.25, 0.3) is 0 Å². The molecule has 2 rings (SSSR count). The molecule has 1 aliphatic rings. The summed E-state index contributed by atoms with van der Waals surface area (Å²) < 4.78 is 26.2. The van der Waals surface area contributed by atoms with Crippen LogP contribution >= 0.6 is 0 Å². The molecular weight excluding hydrogens is 282 g/mol. The molecule has 106 valence electrons. The molecule has 0 bridgehead atoms. The molecule has 1 aliphatic heterocycles. The maximum atomic E-state index is 12.6. The number of sulfonamides is 1. The zero-order valence-corrected chi connectivity index (χ0v) is 11.6. The molecule has 1 fully saturated rings. The van der Waals surface area contributed by atoms with Crippen LogP contribution in [0.3, 0.4) is 0 Å². The van der Waals surface area contributed by atoms with Crippen LogP contribution in [0.15, 0.2) is 23.2 Å². The van der Waals surface area contributed by atoms with Gasteiger partial charge in [-0.3, -0.25) is 4.79 Å². The van der Waals surface area contributed by atoms with Crippen LogP contribution in [-0.4, -0.2) is 40.9 Å². The zero-order chi connectivity index (χ0) is 15.0. The van der Waals surface area contributed by atoms with Crippen molar-refractivity contribution in [3.8, 4) is 6.07 Å². The maximum Gasteiger partial charge on any atom is 0.324 e. The summed E-state index contributed by atoms with van der Waals surface area (Å²) in [6.45, 7) is 1.49. The molecule has 8 heteroatoms. The molecular formula is C12H13N3O4S. The Morgan fingerprint density at radius 3 is 2.90 bits per heavy atom. The zero-order valence-electron chi connectivity index (χ0n) is 10.8. The monoisotopic (exact) mass is 295 g/mol. The van der Waals surface area contributed by atoms with E-state index >= 15 is 0 Å². The SMILES string of the molecule is CC1(C(=O)O)CCCN1S(=O)(=O)c1cccnc1C#N. The van der Waals surface area contributed by atoms with Gasteiger partial charge in [-0.05, 0) is 31.9 Å². The highest BCUT2D eigenvalue weighted by molar-refractivity contribution is 7.89. The van der Waals surface area contributed by atoms with E-state index in [4.69, 9.17) is 5.26 Å². The smallest absolute Gasteiger partial charge is 0.324 e. The molecule has 0 amide bonds. The summed E-state index contributed by atoms with van der Waals surface area (Å²) in [6.07, 6.45) is 2.02. The summed E-state index contributed by atoms with van der Waals surface area (Å²) in [5, 5.41) is 18.2. The predicted octanol–water partition coefficient (Wildman–Crippen LogP) is 0.581. The van der Waals surface area contributed by atoms with Crippen molar-refractivity contribution in [2.24, 2.45) is 0 Å². The van der Waals surface area contributed by atoms with Gasteiger partial charge in [-0.15, -0.1) is 0 Å². The Hall–Kier alpha value is -1.98. The number of hydrogen-bond acceptors (Lipinski definition) is 5. The fourth-order valence-corrected chi connectivity index (χ4v) is 4.24. The van der Waals surface area contributed by atoms with Gasteiger partial charge in [-0.1, -0.05) is 0 Å². The van der Waals surface area contributed by atoms with E-state index in [0.29, 0.717) is 6.42 Å². The number of carboxylic acids is 1. The molecule has 1 saturated heterocycles. The normalized spacial score (nSPS) is 23.4. The predicted molar refractivity (Wildman–Crippen MR) is 68.1 cm³/mol. The van der Waals surface area contributed by atoms with Crippen LogP contribution in [0.4, 0.5) is 0 Å². The summed E-state index contributed by atoms with van der Waals surface area (Å²) in [4.78, 5) is 14.8. The van der Waals surface area contributed by atoms with Crippen LogP contribution in [-0.2, 0) is 14.8 Å². The van der Waals surface area contributed by atoms with Gasteiger partial charge >= 0.3 is 5.97 Å². The first-order valence-corrected chi connectivity index (χ1v) is 7.39. The van der Waals surface area contributed by atoms with Crippen molar-refractivity contribution in [1.82, 2.24) is 9.29 Å². The lowest BCUT2D eigenvalue weighted by Crippen LogP contribution is -2.50. The van der Waals surface area contributed by atoms with Gasteiger partial charge in [0.2, 0.25) is 10.0 Å². The molecule has 20 heavy (non-hydrogen) atoms. The van der Waals surface area contributed by atoms with Crippen LogP contribution < -0.4 is 0 Å². The lowest BCUT2D eigenvalue weighted by Gasteiger charge is -2.30. The van der Waals surface area contributed by atoms with Gasteiger partial charge in [0.15, 0.2) is 5.69 Å². The average Bonchev–Trinajstić information content (AvgIpc) is 2.83. The molecule has 1 aromatic heterocycles. The Morgan fingerprint density at radius 2 is 2.30 bits per heavy atom. The van der Waals surface area contributed by atoms with E-state index in [9.17, 15) is 18.3 Å². The van der Waals surface area contributed by atoms with Crippen molar-refractivity contribution < 1.29 is 18.3 Å². The van der Waals surface area contributed by atoms with Crippen molar-refractivity contribution in [1.29, 1.82) is 5.26 Å². The van der Waals surface area contributed by atoms with Crippen molar-refractivity contribution >= 4 is 16.0 Å². The van der Waals surface area contributed by atoms with Crippen molar-refractivity contribution in [3.63, 3.8) is 0 Å². The highest BCUT2D eigenvalue weighted by atomic mass is 32.2. The average molecular weight is 295 g/mol. The van der Waals surface area contributed by atoms with E-state index in [1.54, 1.807) is 6.07 Å². The van der Waals surface area contributed by atoms with E-state index in [-0.39, 0.29) is 23.6 Å². The van der Waals surface area contributed by atoms with Crippen molar-refractivity contribution in [2.45, 2.75) is 30.2 Å². The summed E-state index contributed by atoms with van der Waals surface area (Å²) >= 11 is 0. The minimum Gasteiger partial charge on any atom is -0.480 e. The first-order chi connectivity index (χ1) is 9.34. The molecule has 2 heterocycles. The summed E-state index contributed by atoms with van der Waals surface area (Å²) in [5.41, 5.74) is -1.71. The second kappa shape index (κ2) is 4.85. The lowest BCUT2D eigenvalue weighted by molar-refractivity contribution is -0.146. The van der Waals surface area contributed by atoms with Gasteiger partial charge in [-0.2, -0.15) is 9.57 Å². The van der Waals surface area contributed by atoms with Gasteiger partial charge in [0.05, 0.1) is 0 Å². The molecule has 1 N–H and O–H groups in total. The molecule has 0 aromatic carbocycles. The van der Waals surface area contributed by atoms with Crippen LogP contribution in [0.5, 0.6) is 0 Å².